The molecule has 128 valence electrons. The Kier molecular flexibility index (Phi) is 6.26. The molecule has 0 fully saturated rings. The highest BCUT2D eigenvalue weighted by Gasteiger charge is 2.19. The third-order valence-electron chi connectivity index (χ3n) is 2.61. The van der Waals surface area contributed by atoms with Crippen molar-refractivity contribution < 1.29 is 19.0 Å². The van der Waals surface area contributed by atoms with E-state index < -0.39 is 5.82 Å². The zero-order valence-electron chi connectivity index (χ0n) is 12.0. The van der Waals surface area contributed by atoms with Crippen LogP contribution in [0.1, 0.15) is 5.69 Å². The van der Waals surface area contributed by atoms with Crippen molar-refractivity contribution in [2.24, 2.45) is 10.9 Å². The van der Waals surface area contributed by atoms with Gasteiger partial charge in [0.25, 0.3) is 5.88 Å². The molecule has 1 aromatic carbocycles. The normalized spacial score (nSPS) is 11.2. The van der Waals surface area contributed by atoms with Crippen LogP contribution in [0, 0.1) is 5.82 Å². The Labute approximate surface area is 149 Å². The predicted molar refractivity (Wildman–Crippen MR) is 90.6 cm³/mol. The fourth-order valence-electron chi connectivity index (χ4n) is 1.58. The van der Waals surface area contributed by atoms with Crippen LogP contribution < -0.4 is 21.1 Å². The standard InChI is InChI=1S/C12H12BrFN6O3S/c13-7-5-6(1-2-8(7)14)17-10(18-21)9-11(20-23-19-9)22-4-3-16-12(15)24/h1-2,5,21H,3-4H2,(H,17,18)(H3,15,16,24). The van der Waals surface area contributed by atoms with E-state index in [1.165, 1.54) is 18.2 Å². The van der Waals surface area contributed by atoms with Gasteiger partial charge in [-0.05, 0) is 56.7 Å². The van der Waals surface area contributed by atoms with E-state index in [2.05, 4.69) is 58.9 Å². The molecule has 0 aliphatic carbocycles. The number of oxime groups is 1. The third kappa shape index (κ3) is 4.76. The number of nitrogens with zero attached hydrogens (tertiary/aromatic N) is 3. The number of hydrogen-bond donors (Lipinski definition) is 4. The molecule has 0 spiro atoms. The predicted octanol–water partition coefficient (Wildman–Crippen LogP) is 1.43. The van der Waals surface area contributed by atoms with Crippen molar-refractivity contribution in [1.82, 2.24) is 15.6 Å². The number of nitrogens with two attached hydrogens (primary N) is 1. The molecule has 0 aliphatic rings. The number of ether oxygens (including phenoxy) is 1. The maximum Gasteiger partial charge on any atom is 0.287 e. The first-order valence-corrected chi connectivity index (χ1v) is 7.64. The van der Waals surface area contributed by atoms with Gasteiger partial charge in [0.2, 0.25) is 11.5 Å². The smallest absolute Gasteiger partial charge is 0.287 e. The number of thiocarbonyl (C=S) groups is 1. The highest BCUT2D eigenvalue weighted by molar-refractivity contribution is 9.10. The topological polar surface area (TPSA) is 131 Å². The van der Waals surface area contributed by atoms with Crippen LogP contribution in [0.4, 0.5) is 10.1 Å². The van der Waals surface area contributed by atoms with Gasteiger partial charge in [-0.1, -0.05) is 5.16 Å². The first-order chi connectivity index (χ1) is 11.5. The van der Waals surface area contributed by atoms with Crippen LogP contribution in [0.15, 0.2) is 32.5 Å². The summed E-state index contributed by atoms with van der Waals surface area (Å²) in [4.78, 5) is 0. The average molecular weight is 419 g/mol. The third-order valence-corrected chi connectivity index (χ3v) is 3.36. The highest BCUT2D eigenvalue weighted by atomic mass is 79.9. The summed E-state index contributed by atoms with van der Waals surface area (Å²) in [6, 6.07) is 4.15. The maximum absolute atomic E-state index is 13.2. The number of rotatable bonds is 6. The molecule has 9 nitrogen and oxygen atoms in total. The Balaban J connectivity index is 2.07. The summed E-state index contributed by atoms with van der Waals surface area (Å²) in [5.41, 5.74) is 5.77. The molecule has 5 N–H and O–H groups in total. The molecule has 2 rings (SSSR count). The van der Waals surface area contributed by atoms with E-state index in [9.17, 15) is 9.60 Å². The van der Waals surface area contributed by atoms with Gasteiger partial charge in [0.15, 0.2) is 5.11 Å². The lowest BCUT2D eigenvalue weighted by Gasteiger charge is -2.08. The Bertz CT molecular complexity index is 756. The zero-order valence-corrected chi connectivity index (χ0v) is 14.4. The molecular weight excluding hydrogens is 407 g/mol. The molecule has 2 aromatic rings. The van der Waals surface area contributed by atoms with E-state index in [-0.39, 0.29) is 33.6 Å². The van der Waals surface area contributed by atoms with Crippen molar-refractivity contribution in [1.29, 1.82) is 0 Å². The second-order valence-electron chi connectivity index (χ2n) is 4.26. The number of amidine groups is 1. The number of nitrogens with one attached hydrogen (secondary N) is 2. The molecule has 0 saturated carbocycles. The SMILES string of the molecule is NC(=S)NCCOc1nonc1/C(=N/O)Nc1ccc(F)c(Br)c1. The molecule has 0 bridgehead atoms. The highest BCUT2D eigenvalue weighted by Crippen LogP contribution is 2.21. The fraction of sp³-hybridized carbons (Fsp3) is 0.167. The van der Waals surface area contributed by atoms with E-state index in [1.54, 1.807) is 0 Å². The van der Waals surface area contributed by atoms with E-state index >= 15 is 0 Å². The van der Waals surface area contributed by atoms with Crippen molar-refractivity contribution in [3.8, 4) is 5.88 Å². The van der Waals surface area contributed by atoms with E-state index in [1.807, 2.05) is 0 Å². The minimum atomic E-state index is -0.430. The quantitative estimate of drug-likeness (QED) is 0.137. The largest absolute Gasteiger partial charge is 0.472 e. The Morgan fingerprint density at radius 1 is 1.50 bits per heavy atom. The van der Waals surface area contributed by atoms with Crippen LogP contribution in [0.2, 0.25) is 0 Å². The first kappa shape index (κ1) is 17.9. The first-order valence-electron chi connectivity index (χ1n) is 6.44. The minimum absolute atomic E-state index is 0.00113. The second-order valence-corrected chi connectivity index (χ2v) is 5.55. The summed E-state index contributed by atoms with van der Waals surface area (Å²) in [7, 11) is 0. The molecular formula is C12H12BrFN6O3S. The van der Waals surface area contributed by atoms with Gasteiger partial charge in [0.1, 0.15) is 12.4 Å². The van der Waals surface area contributed by atoms with Crippen molar-refractivity contribution in [3.05, 3.63) is 34.2 Å². The molecule has 0 aliphatic heterocycles. The van der Waals surface area contributed by atoms with Crippen LogP contribution in [-0.4, -0.2) is 39.6 Å². The Morgan fingerprint density at radius 3 is 2.96 bits per heavy atom. The van der Waals surface area contributed by atoms with Crippen molar-refractivity contribution >= 4 is 44.8 Å². The lowest BCUT2D eigenvalue weighted by atomic mass is 10.3. The molecule has 0 radical (unpaired) electrons. The zero-order chi connectivity index (χ0) is 17.5. The van der Waals surface area contributed by atoms with Gasteiger partial charge in [-0.3, -0.25) is 0 Å². The van der Waals surface area contributed by atoms with E-state index in [0.717, 1.165) is 0 Å². The molecule has 0 atom stereocenters. The summed E-state index contributed by atoms with van der Waals surface area (Å²) in [6.45, 7) is 0.505. The molecule has 12 heteroatoms. The fourth-order valence-corrected chi connectivity index (χ4v) is 2.06. The number of aromatic nitrogens is 2. The van der Waals surface area contributed by atoms with Crippen molar-refractivity contribution in [2.75, 3.05) is 18.5 Å². The monoisotopic (exact) mass is 418 g/mol. The average Bonchev–Trinajstić information content (AvgIpc) is 3.00. The van der Waals surface area contributed by atoms with Gasteiger partial charge in [-0.2, -0.15) is 0 Å². The number of anilines is 1. The van der Waals surface area contributed by atoms with Gasteiger partial charge >= 0.3 is 0 Å². The van der Waals surface area contributed by atoms with Gasteiger partial charge in [-0.25, -0.2) is 9.02 Å². The lowest BCUT2D eigenvalue weighted by molar-refractivity contribution is 0.258. The number of benzene rings is 1. The lowest BCUT2D eigenvalue weighted by Crippen LogP contribution is -2.32. The molecule has 1 heterocycles. The molecule has 24 heavy (non-hydrogen) atoms. The summed E-state index contributed by atoms with van der Waals surface area (Å²) < 4.78 is 23.4. The molecule has 0 unspecified atom stereocenters. The summed E-state index contributed by atoms with van der Waals surface area (Å²) >= 11 is 7.72. The van der Waals surface area contributed by atoms with Crippen LogP contribution in [0.3, 0.4) is 0 Å². The molecule has 1 aromatic heterocycles. The number of halogens is 2. The van der Waals surface area contributed by atoms with Gasteiger partial charge < -0.3 is 26.3 Å². The molecule has 0 saturated heterocycles. The van der Waals surface area contributed by atoms with Gasteiger partial charge in [-0.15, -0.1) is 0 Å². The second kappa shape index (κ2) is 8.40. The maximum atomic E-state index is 13.2. The van der Waals surface area contributed by atoms with Crippen LogP contribution >= 0.6 is 28.1 Å². The number of hydrogen-bond acceptors (Lipinski definition) is 7. The molecule has 0 amide bonds. The van der Waals surface area contributed by atoms with Crippen molar-refractivity contribution in [2.45, 2.75) is 0 Å². The summed E-state index contributed by atoms with van der Waals surface area (Å²) in [6.07, 6.45) is 0. The van der Waals surface area contributed by atoms with Crippen molar-refractivity contribution in [3.63, 3.8) is 0 Å². The summed E-state index contributed by atoms with van der Waals surface area (Å²) in [5, 5.41) is 25.0. The minimum Gasteiger partial charge on any atom is -0.472 e. The van der Waals surface area contributed by atoms with Crippen LogP contribution in [0.5, 0.6) is 5.88 Å². The van der Waals surface area contributed by atoms with Gasteiger partial charge in [0.05, 0.1) is 11.0 Å². The van der Waals surface area contributed by atoms with Crippen LogP contribution in [-0.2, 0) is 0 Å². The Hall–Kier alpha value is -2.47. The van der Waals surface area contributed by atoms with Crippen LogP contribution in [0.25, 0.3) is 0 Å². The van der Waals surface area contributed by atoms with Gasteiger partial charge in [0, 0.05) is 5.69 Å². The summed E-state index contributed by atoms with van der Waals surface area (Å²) in [5.74, 6) is -0.520. The van der Waals surface area contributed by atoms with E-state index in [4.69, 9.17) is 10.5 Å². The Morgan fingerprint density at radius 2 is 2.29 bits per heavy atom. The van der Waals surface area contributed by atoms with E-state index in [0.29, 0.717) is 12.2 Å².